The van der Waals surface area contributed by atoms with E-state index in [2.05, 4.69) is 51.2 Å². The summed E-state index contributed by atoms with van der Waals surface area (Å²) in [5.41, 5.74) is 0.752. The van der Waals surface area contributed by atoms with E-state index in [1.165, 1.54) is 5.56 Å². The van der Waals surface area contributed by atoms with Gasteiger partial charge in [-0.15, -0.1) is 0 Å². The highest BCUT2D eigenvalue weighted by molar-refractivity contribution is 5.29. The molecule has 0 saturated heterocycles. The first-order valence-corrected chi connectivity index (χ1v) is 7.88. The summed E-state index contributed by atoms with van der Waals surface area (Å²) in [5.74, 6) is 1.77. The van der Waals surface area contributed by atoms with E-state index in [0.717, 1.165) is 18.6 Å². The van der Waals surface area contributed by atoms with Crippen LogP contribution in [-0.2, 0) is 0 Å². The lowest BCUT2D eigenvalue weighted by molar-refractivity contribution is 0.192. The van der Waals surface area contributed by atoms with Crippen LogP contribution in [0.3, 0.4) is 0 Å². The van der Waals surface area contributed by atoms with Crippen molar-refractivity contribution in [3.05, 3.63) is 29.8 Å². The molecule has 1 saturated carbocycles. The Morgan fingerprint density at radius 1 is 1.24 bits per heavy atom. The van der Waals surface area contributed by atoms with Gasteiger partial charge in [-0.1, -0.05) is 26.0 Å². The Morgan fingerprint density at radius 2 is 1.86 bits per heavy atom. The summed E-state index contributed by atoms with van der Waals surface area (Å²) >= 11 is 0. The number of nitriles is 1. The first-order valence-electron chi connectivity index (χ1n) is 7.88. The predicted molar refractivity (Wildman–Crippen MR) is 85.4 cm³/mol. The van der Waals surface area contributed by atoms with Gasteiger partial charge in [-0.3, -0.25) is 5.32 Å². The lowest BCUT2D eigenvalue weighted by Crippen LogP contribution is -2.53. The highest BCUT2D eigenvalue weighted by atomic mass is 16.5. The maximum atomic E-state index is 9.64. The Kier molecular flexibility index (Phi) is 4.90. The van der Waals surface area contributed by atoms with E-state index in [4.69, 9.17) is 4.74 Å². The van der Waals surface area contributed by atoms with Crippen LogP contribution in [0.1, 0.15) is 52.0 Å². The number of rotatable bonds is 7. The molecule has 2 rings (SSSR count). The van der Waals surface area contributed by atoms with E-state index in [1.54, 1.807) is 0 Å². The van der Waals surface area contributed by atoms with E-state index in [9.17, 15) is 5.26 Å². The van der Waals surface area contributed by atoms with Crippen molar-refractivity contribution in [2.45, 2.75) is 58.0 Å². The average molecular weight is 286 g/mol. The summed E-state index contributed by atoms with van der Waals surface area (Å²) in [7, 11) is 0. The van der Waals surface area contributed by atoms with Crippen molar-refractivity contribution < 1.29 is 4.74 Å². The number of nitrogens with zero attached hydrogens (tertiary/aromatic N) is 1. The van der Waals surface area contributed by atoms with Crippen molar-refractivity contribution in [2.75, 3.05) is 6.61 Å². The molecule has 1 aromatic carbocycles. The lowest BCUT2D eigenvalue weighted by Gasteiger charge is -2.30. The molecule has 0 radical (unpaired) electrons. The fourth-order valence-corrected chi connectivity index (χ4v) is 2.67. The second-order valence-electron chi connectivity index (χ2n) is 6.67. The van der Waals surface area contributed by atoms with Crippen molar-refractivity contribution in [1.82, 2.24) is 5.32 Å². The second kappa shape index (κ2) is 6.49. The zero-order valence-electron chi connectivity index (χ0n) is 13.5. The summed E-state index contributed by atoms with van der Waals surface area (Å²) in [6.07, 6.45) is 2.23. The Bertz CT molecular complexity index is 497. The van der Waals surface area contributed by atoms with Gasteiger partial charge in [0, 0.05) is 6.04 Å². The van der Waals surface area contributed by atoms with Gasteiger partial charge in [-0.25, -0.2) is 0 Å². The number of benzene rings is 1. The van der Waals surface area contributed by atoms with E-state index in [0.29, 0.717) is 18.4 Å². The molecule has 0 bridgehead atoms. The van der Waals surface area contributed by atoms with Gasteiger partial charge in [-0.05, 0) is 56.2 Å². The third-order valence-corrected chi connectivity index (χ3v) is 4.03. The van der Waals surface area contributed by atoms with Crippen LogP contribution in [0, 0.1) is 17.2 Å². The third-order valence-electron chi connectivity index (χ3n) is 4.03. The molecule has 1 unspecified atom stereocenters. The summed E-state index contributed by atoms with van der Waals surface area (Å²) in [5, 5.41) is 13.1. The standard InChI is InChI=1S/C18H26N2O/c1-13(2)15-5-9-17(10-6-15)21-12-18(11-19,16-7-8-16)20-14(3)4/h5-6,9-10,13-14,16,20H,7-8,12H2,1-4H3. The number of hydrogen-bond donors (Lipinski definition) is 1. The Balaban J connectivity index is 2.03. The molecule has 1 N–H and O–H groups in total. The van der Waals surface area contributed by atoms with Crippen LogP contribution < -0.4 is 10.1 Å². The topological polar surface area (TPSA) is 45.0 Å². The van der Waals surface area contributed by atoms with E-state index >= 15 is 0 Å². The molecular weight excluding hydrogens is 260 g/mol. The predicted octanol–water partition coefficient (Wildman–Crippen LogP) is 3.86. The lowest BCUT2D eigenvalue weighted by atomic mass is 9.95. The van der Waals surface area contributed by atoms with Gasteiger partial charge >= 0.3 is 0 Å². The number of ether oxygens (including phenoxy) is 1. The molecule has 1 fully saturated rings. The molecule has 21 heavy (non-hydrogen) atoms. The molecule has 1 aliphatic rings. The van der Waals surface area contributed by atoms with Crippen LogP contribution >= 0.6 is 0 Å². The summed E-state index contributed by atoms with van der Waals surface area (Å²) in [6, 6.07) is 10.9. The van der Waals surface area contributed by atoms with Crippen molar-refractivity contribution in [3.8, 4) is 11.8 Å². The Hall–Kier alpha value is -1.53. The van der Waals surface area contributed by atoms with Gasteiger partial charge in [0.25, 0.3) is 0 Å². The molecule has 1 aliphatic carbocycles. The molecule has 0 spiro atoms. The summed E-state index contributed by atoms with van der Waals surface area (Å²) in [4.78, 5) is 0. The van der Waals surface area contributed by atoms with Gasteiger partial charge in [0.1, 0.15) is 17.9 Å². The van der Waals surface area contributed by atoms with E-state index in [-0.39, 0.29) is 6.04 Å². The molecular formula is C18H26N2O. The van der Waals surface area contributed by atoms with Gasteiger partial charge in [0.2, 0.25) is 0 Å². The minimum Gasteiger partial charge on any atom is -0.491 e. The van der Waals surface area contributed by atoms with Crippen LogP contribution in [0.25, 0.3) is 0 Å². The summed E-state index contributed by atoms with van der Waals surface area (Å²) < 4.78 is 5.91. The quantitative estimate of drug-likeness (QED) is 0.828. The Morgan fingerprint density at radius 3 is 2.29 bits per heavy atom. The van der Waals surface area contributed by atoms with Crippen molar-refractivity contribution in [3.63, 3.8) is 0 Å². The van der Waals surface area contributed by atoms with Crippen LogP contribution in [0.15, 0.2) is 24.3 Å². The van der Waals surface area contributed by atoms with Gasteiger partial charge in [-0.2, -0.15) is 5.26 Å². The maximum absolute atomic E-state index is 9.64. The highest BCUT2D eigenvalue weighted by Crippen LogP contribution is 2.40. The van der Waals surface area contributed by atoms with E-state index in [1.807, 2.05) is 12.1 Å². The average Bonchev–Trinajstić information content (AvgIpc) is 3.28. The zero-order valence-corrected chi connectivity index (χ0v) is 13.5. The molecule has 3 heteroatoms. The minimum absolute atomic E-state index is 0.275. The Labute approximate surface area is 128 Å². The van der Waals surface area contributed by atoms with Crippen molar-refractivity contribution >= 4 is 0 Å². The molecule has 0 amide bonds. The molecule has 1 atom stereocenters. The third kappa shape index (κ3) is 3.98. The molecule has 0 aromatic heterocycles. The number of nitrogens with one attached hydrogen (secondary N) is 1. The smallest absolute Gasteiger partial charge is 0.144 e. The van der Waals surface area contributed by atoms with Crippen LogP contribution in [0.4, 0.5) is 0 Å². The van der Waals surface area contributed by atoms with Crippen molar-refractivity contribution in [2.24, 2.45) is 5.92 Å². The fraction of sp³-hybridized carbons (Fsp3) is 0.611. The number of hydrogen-bond acceptors (Lipinski definition) is 3. The maximum Gasteiger partial charge on any atom is 0.144 e. The normalized spacial score (nSPS) is 17.6. The van der Waals surface area contributed by atoms with Crippen LogP contribution in [-0.4, -0.2) is 18.2 Å². The second-order valence-corrected chi connectivity index (χ2v) is 6.67. The first kappa shape index (κ1) is 15.9. The van der Waals surface area contributed by atoms with Gasteiger partial charge in [0.05, 0.1) is 6.07 Å². The fourth-order valence-electron chi connectivity index (χ4n) is 2.67. The molecule has 3 nitrogen and oxygen atoms in total. The van der Waals surface area contributed by atoms with Crippen molar-refractivity contribution in [1.29, 1.82) is 5.26 Å². The molecule has 1 aromatic rings. The largest absolute Gasteiger partial charge is 0.491 e. The molecule has 0 aliphatic heterocycles. The van der Waals surface area contributed by atoms with E-state index < -0.39 is 5.54 Å². The zero-order chi connectivity index (χ0) is 15.5. The monoisotopic (exact) mass is 286 g/mol. The van der Waals surface area contributed by atoms with Crippen LogP contribution in [0.2, 0.25) is 0 Å². The minimum atomic E-state index is -0.551. The SMILES string of the molecule is CC(C)NC(C#N)(COc1ccc(C(C)C)cc1)C1CC1. The molecule has 0 heterocycles. The van der Waals surface area contributed by atoms with Gasteiger partial charge < -0.3 is 4.74 Å². The molecule has 114 valence electrons. The summed E-state index contributed by atoms with van der Waals surface area (Å²) in [6.45, 7) is 8.91. The van der Waals surface area contributed by atoms with Gasteiger partial charge in [0.15, 0.2) is 0 Å². The highest BCUT2D eigenvalue weighted by Gasteiger charge is 2.46. The first-order chi connectivity index (χ1) is 9.97. The van der Waals surface area contributed by atoms with Crippen LogP contribution in [0.5, 0.6) is 5.75 Å².